The molecule has 0 saturated carbocycles. The number of nitrogens with one attached hydrogen (secondary N) is 1. The highest BCUT2D eigenvalue weighted by atomic mass is 32.1. The predicted molar refractivity (Wildman–Crippen MR) is 133 cm³/mol. The monoisotopic (exact) mass is 476 g/mol. The molecule has 4 aromatic rings. The van der Waals surface area contributed by atoms with Crippen LogP contribution in [0, 0.1) is 18.7 Å². The van der Waals surface area contributed by atoms with E-state index >= 15 is 0 Å². The molecule has 2 aromatic heterocycles. The van der Waals surface area contributed by atoms with Crippen LogP contribution in [-0.2, 0) is 11.3 Å². The summed E-state index contributed by atoms with van der Waals surface area (Å²) in [4.78, 5) is 33.2. The standard InChI is InChI=1S/C26H25FN4O2S/c1-17-8-10-20(11-9-17)31-25(33)23-22(12-14-34-23)29-26(31)30-13-4-6-19(16-30)24(32)28-15-18-5-2-3-7-21(18)27/h2-3,5,7-12,14,19H,4,6,13,15-16H2,1H3,(H,28,32)/t19-/m1/s1. The molecule has 1 aliphatic heterocycles. The zero-order valence-corrected chi connectivity index (χ0v) is 19.6. The fraction of sp³-hybridized carbons (Fsp3) is 0.269. The Bertz CT molecular complexity index is 1400. The lowest BCUT2D eigenvalue weighted by Crippen LogP contribution is -2.45. The van der Waals surface area contributed by atoms with Crippen LogP contribution in [-0.4, -0.2) is 28.5 Å². The molecule has 1 atom stereocenters. The Kier molecular flexibility index (Phi) is 6.15. The third-order valence-corrected chi connectivity index (χ3v) is 7.13. The zero-order valence-electron chi connectivity index (χ0n) is 18.8. The number of carbonyl (C=O) groups excluding carboxylic acids is 1. The highest BCUT2D eigenvalue weighted by Crippen LogP contribution is 2.27. The van der Waals surface area contributed by atoms with E-state index < -0.39 is 0 Å². The first-order valence-electron chi connectivity index (χ1n) is 11.3. The second-order valence-electron chi connectivity index (χ2n) is 8.62. The maximum Gasteiger partial charge on any atom is 0.277 e. The maximum absolute atomic E-state index is 13.9. The third-order valence-electron chi connectivity index (χ3n) is 6.24. The van der Waals surface area contributed by atoms with Gasteiger partial charge in [0, 0.05) is 25.2 Å². The van der Waals surface area contributed by atoms with Gasteiger partial charge >= 0.3 is 0 Å². The second-order valence-corrected chi connectivity index (χ2v) is 9.53. The van der Waals surface area contributed by atoms with Crippen LogP contribution in [0.4, 0.5) is 10.3 Å². The number of benzene rings is 2. The number of rotatable bonds is 5. The average molecular weight is 477 g/mol. The van der Waals surface area contributed by atoms with E-state index in [9.17, 15) is 14.0 Å². The largest absolute Gasteiger partial charge is 0.352 e. The molecule has 5 rings (SSSR count). The van der Waals surface area contributed by atoms with Gasteiger partial charge in [-0.2, -0.15) is 0 Å². The molecule has 174 valence electrons. The number of piperidine rings is 1. The highest BCUT2D eigenvalue weighted by molar-refractivity contribution is 7.17. The van der Waals surface area contributed by atoms with Crippen LogP contribution >= 0.6 is 11.3 Å². The molecule has 1 fully saturated rings. The molecule has 6 nitrogen and oxygen atoms in total. The van der Waals surface area contributed by atoms with Gasteiger partial charge in [0.25, 0.3) is 5.56 Å². The number of nitrogens with zero attached hydrogens (tertiary/aromatic N) is 3. The number of halogens is 1. The van der Waals surface area contributed by atoms with Crippen molar-refractivity contribution in [2.45, 2.75) is 26.3 Å². The van der Waals surface area contributed by atoms with Gasteiger partial charge in [0.15, 0.2) is 0 Å². The number of hydrogen-bond acceptors (Lipinski definition) is 5. The normalized spacial score (nSPS) is 16.1. The summed E-state index contributed by atoms with van der Waals surface area (Å²) in [5, 5.41) is 4.75. The molecule has 0 radical (unpaired) electrons. The maximum atomic E-state index is 13.9. The van der Waals surface area contributed by atoms with E-state index in [2.05, 4.69) is 5.32 Å². The third kappa shape index (κ3) is 4.33. The van der Waals surface area contributed by atoms with Gasteiger partial charge in [0.2, 0.25) is 11.9 Å². The molecule has 1 aliphatic rings. The van der Waals surface area contributed by atoms with Gasteiger partial charge < -0.3 is 10.2 Å². The van der Waals surface area contributed by atoms with Crippen LogP contribution in [0.2, 0.25) is 0 Å². The zero-order chi connectivity index (χ0) is 23.7. The fourth-order valence-corrected chi connectivity index (χ4v) is 5.14. The van der Waals surface area contributed by atoms with Crippen LogP contribution in [0.5, 0.6) is 0 Å². The lowest BCUT2D eigenvalue weighted by molar-refractivity contribution is -0.125. The molecule has 0 spiro atoms. The number of aromatic nitrogens is 2. The number of hydrogen-bond donors (Lipinski definition) is 1. The van der Waals surface area contributed by atoms with E-state index in [0.29, 0.717) is 34.8 Å². The van der Waals surface area contributed by atoms with Crippen molar-refractivity contribution < 1.29 is 9.18 Å². The van der Waals surface area contributed by atoms with Crippen molar-refractivity contribution in [3.05, 3.63) is 87.3 Å². The quantitative estimate of drug-likeness (QED) is 0.463. The molecule has 0 aliphatic carbocycles. The Morgan fingerprint density at radius 1 is 1.18 bits per heavy atom. The smallest absolute Gasteiger partial charge is 0.277 e. The number of anilines is 1. The fourth-order valence-electron chi connectivity index (χ4n) is 4.38. The first-order valence-corrected chi connectivity index (χ1v) is 12.2. The van der Waals surface area contributed by atoms with Crippen LogP contribution in [0.3, 0.4) is 0 Å². The molecule has 0 bridgehead atoms. The first-order chi connectivity index (χ1) is 16.5. The van der Waals surface area contributed by atoms with Gasteiger partial charge in [-0.05, 0) is 49.4 Å². The summed E-state index contributed by atoms with van der Waals surface area (Å²) in [6.07, 6.45) is 1.53. The summed E-state index contributed by atoms with van der Waals surface area (Å²) in [6, 6.07) is 16.1. The van der Waals surface area contributed by atoms with Crippen LogP contribution in [0.1, 0.15) is 24.0 Å². The Hall–Kier alpha value is -3.52. The van der Waals surface area contributed by atoms with Crippen LogP contribution in [0.25, 0.3) is 15.9 Å². The lowest BCUT2D eigenvalue weighted by Gasteiger charge is -2.34. The number of carbonyl (C=O) groups is 1. The van der Waals surface area contributed by atoms with Gasteiger partial charge in [-0.15, -0.1) is 11.3 Å². The molecule has 0 unspecified atom stereocenters. The summed E-state index contributed by atoms with van der Waals surface area (Å²) < 4.78 is 16.2. The summed E-state index contributed by atoms with van der Waals surface area (Å²) in [5.74, 6) is -0.175. The minimum atomic E-state index is -0.330. The average Bonchev–Trinajstić information content (AvgIpc) is 3.33. The van der Waals surface area contributed by atoms with E-state index in [0.717, 1.165) is 24.1 Å². The first kappa shape index (κ1) is 22.3. The molecular formula is C26H25FN4O2S. The SMILES string of the molecule is Cc1ccc(-n2c(N3CCC[C@@H](C(=O)NCc4ccccc4F)C3)nc3ccsc3c2=O)cc1. The van der Waals surface area contributed by atoms with Crippen molar-refractivity contribution in [2.75, 3.05) is 18.0 Å². The van der Waals surface area contributed by atoms with Gasteiger partial charge in [-0.3, -0.25) is 9.59 Å². The highest BCUT2D eigenvalue weighted by Gasteiger charge is 2.29. The van der Waals surface area contributed by atoms with E-state index in [1.807, 2.05) is 47.5 Å². The Labute approximate surface area is 200 Å². The second kappa shape index (κ2) is 9.38. The minimum absolute atomic E-state index is 0.106. The minimum Gasteiger partial charge on any atom is -0.352 e. The Balaban J connectivity index is 1.43. The van der Waals surface area contributed by atoms with Crippen molar-refractivity contribution in [2.24, 2.45) is 5.92 Å². The molecule has 2 aromatic carbocycles. The van der Waals surface area contributed by atoms with Crippen molar-refractivity contribution in [1.29, 1.82) is 0 Å². The molecule has 34 heavy (non-hydrogen) atoms. The molecule has 1 amide bonds. The lowest BCUT2D eigenvalue weighted by atomic mass is 9.97. The van der Waals surface area contributed by atoms with Crippen molar-refractivity contribution in [1.82, 2.24) is 14.9 Å². The van der Waals surface area contributed by atoms with E-state index in [-0.39, 0.29) is 29.7 Å². The Morgan fingerprint density at radius 3 is 2.76 bits per heavy atom. The van der Waals surface area contributed by atoms with Crippen LogP contribution in [0.15, 0.2) is 64.8 Å². The number of amides is 1. The van der Waals surface area contributed by atoms with E-state index in [1.165, 1.54) is 17.4 Å². The van der Waals surface area contributed by atoms with Gasteiger partial charge in [-0.1, -0.05) is 35.9 Å². The molecule has 1 N–H and O–H groups in total. The molecule has 8 heteroatoms. The molecule has 3 heterocycles. The van der Waals surface area contributed by atoms with Crippen molar-refractivity contribution in [3.63, 3.8) is 0 Å². The van der Waals surface area contributed by atoms with Crippen molar-refractivity contribution >= 4 is 33.4 Å². The summed E-state index contributed by atoms with van der Waals surface area (Å²) in [7, 11) is 0. The topological polar surface area (TPSA) is 67.2 Å². The van der Waals surface area contributed by atoms with Gasteiger partial charge in [0.05, 0.1) is 17.1 Å². The van der Waals surface area contributed by atoms with Crippen molar-refractivity contribution in [3.8, 4) is 5.69 Å². The summed E-state index contributed by atoms with van der Waals surface area (Å²) in [5.41, 5.74) is 2.87. The predicted octanol–water partition coefficient (Wildman–Crippen LogP) is 4.43. The van der Waals surface area contributed by atoms with E-state index in [4.69, 9.17) is 4.98 Å². The number of fused-ring (bicyclic) bond motifs is 1. The Morgan fingerprint density at radius 2 is 1.97 bits per heavy atom. The molecule has 1 saturated heterocycles. The summed E-state index contributed by atoms with van der Waals surface area (Å²) >= 11 is 1.38. The van der Waals surface area contributed by atoms with Crippen LogP contribution < -0.4 is 15.8 Å². The number of aryl methyl sites for hydroxylation is 1. The summed E-state index contributed by atoms with van der Waals surface area (Å²) in [6.45, 7) is 3.29. The van der Waals surface area contributed by atoms with Gasteiger partial charge in [0.1, 0.15) is 10.5 Å². The molecular weight excluding hydrogens is 451 g/mol. The van der Waals surface area contributed by atoms with E-state index in [1.54, 1.807) is 22.8 Å². The van der Waals surface area contributed by atoms with Gasteiger partial charge in [-0.25, -0.2) is 13.9 Å². The number of thiophene rings is 1.